The maximum atomic E-state index is 12.0. The molecule has 2 aromatic carbocycles. The van der Waals surface area contributed by atoms with Gasteiger partial charge in [0.25, 0.3) is 5.91 Å². The summed E-state index contributed by atoms with van der Waals surface area (Å²) in [5, 5.41) is 8.16. The number of aryl methyl sites for hydroxylation is 2. The van der Waals surface area contributed by atoms with Crippen molar-refractivity contribution in [1.29, 1.82) is 0 Å². The average molecular weight is 429 g/mol. The summed E-state index contributed by atoms with van der Waals surface area (Å²) >= 11 is 12.2. The highest BCUT2D eigenvalue weighted by Gasteiger charge is 2.11. The number of nitrogens with one attached hydrogen (secondary N) is 2. The number of aromatic nitrogens is 1. The topological polar surface area (TPSA) is 58.4 Å². The number of hydrazone groups is 1. The third-order valence-corrected chi connectivity index (χ3v) is 5.27. The van der Waals surface area contributed by atoms with Crippen molar-refractivity contribution in [1.82, 2.24) is 9.99 Å². The van der Waals surface area contributed by atoms with Crippen LogP contribution in [0.5, 0.6) is 0 Å². The standard InChI is InChI=1S/C22H22Cl2N4O/c1-14-4-6-18(7-5-14)25-13-22(29)27-26-12-17-10-15(2)28(16(17)3)19-8-9-20(23)21(24)11-19/h4-12,25H,13H2,1-3H3,(H,27,29)/b26-12-. The largest absolute Gasteiger partial charge is 0.376 e. The molecule has 0 saturated heterocycles. The number of rotatable bonds is 6. The predicted octanol–water partition coefficient (Wildman–Crippen LogP) is 5.27. The fourth-order valence-corrected chi connectivity index (χ4v) is 3.30. The van der Waals surface area contributed by atoms with Crippen molar-refractivity contribution in [2.75, 3.05) is 11.9 Å². The SMILES string of the molecule is Cc1ccc(NCC(=O)N/N=C\c2cc(C)n(-c3ccc(Cl)c(Cl)c3)c2C)cc1. The highest BCUT2D eigenvalue weighted by molar-refractivity contribution is 6.42. The Morgan fingerprint density at radius 3 is 2.45 bits per heavy atom. The van der Waals surface area contributed by atoms with Crippen molar-refractivity contribution >= 4 is 41.0 Å². The van der Waals surface area contributed by atoms with Crippen LogP contribution in [0, 0.1) is 20.8 Å². The summed E-state index contributed by atoms with van der Waals surface area (Å²) in [5.74, 6) is -0.222. The van der Waals surface area contributed by atoms with Crippen LogP contribution >= 0.6 is 23.2 Å². The molecule has 0 radical (unpaired) electrons. The molecule has 150 valence electrons. The van der Waals surface area contributed by atoms with Gasteiger partial charge in [-0.25, -0.2) is 5.43 Å². The molecule has 3 rings (SSSR count). The molecule has 0 fully saturated rings. The summed E-state index contributed by atoms with van der Waals surface area (Å²) in [4.78, 5) is 12.0. The minimum Gasteiger partial charge on any atom is -0.376 e. The number of benzene rings is 2. The fraction of sp³-hybridized carbons (Fsp3) is 0.182. The van der Waals surface area contributed by atoms with Gasteiger partial charge in [0, 0.05) is 28.3 Å². The Bertz CT molecular complexity index is 1060. The molecular formula is C22H22Cl2N4O. The number of halogens is 2. The summed E-state index contributed by atoms with van der Waals surface area (Å²) in [7, 11) is 0. The molecule has 1 amide bonds. The molecular weight excluding hydrogens is 407 g/mol. The highest BCUT2D eigenvalue weighted by Crippen LogP contribution is 2.27. The van der Waals surface area contributed by atoms with Crippen LogP contribution < -0.4 is 10.7 Å². The van der Waals surface area contributed by atoms with E-state index < -0.39 is 0 Å². The zero-order valence-electron chi connectivity index (χ0n) is 16.5. The summed E-state index contributed by atoms with van der Waals surface area (Å²) in [6, 6.07) is 15.3. The van der Waals surface area contributed by atoms with Crippen molar-refractivity contribution in [2.45, 2.75) is 20.8 Å². The van der Waals surface area contributed by atoms with E-state index in [1.807, 2.05) is 63.2 Å². The second-order valence-electron chi connectivity index (χ2n) is 6.77. The van der Waals surface area contributed by atoms with Crippen molar-refractivity contribution in [3.05, 3.63) is 81.1 Å². The Morgan fingerprint density at radius 1 is 1.03 bits per heavy atom. The van der Waals surface area contributed by atoms with Crippen LogP contribution in [0.2, 0.25) is 10.0 Å². The third-order valence-electron chi connectivity index (χ3n) is 4.53. The van der Waals surface area contributed by atoms with Crippen molar-refractivity contribution in [3.63, 3.8) is 0 Å². The van der Waals surface area contributed by atoms with E-state index in [0.29, 0.717) is 10.0 Å². The first-order valence-electron chi connectivity index (χ1n) is 9.12. The zero-order valence-corrected chi connectivity index (χ0v) is 18.0. The third kappa shape index (κ3) is 5.19. The molecule has 0 aliphatic rings. The van der Waals surface area contributed by atoms with Crippen LogP contribution in [0.1, 0.15) is 22.5 Å². The monoisotopic (exact) mass is 428 g/mol. The van der Waals surface area contributed by atoms with Crippen LogP contribution in [0.25, 0.3) is 5.69 Å². The number of hydrogen-bond donors (Lipinski definition) is 2. The van der Waals surface area contributed by atoms with E-state index in [9.17, 15) is 4.79 Å². The molecule has 2 N–H and O–H groups in total. The lowest BCUT2D eigenvalue weighted by Gasteiger charge is -2.10. The van der Waals surface area contributed by atoms with Gasteiger partial charge >= 0.3 is 0 Å². The predicted molar refractivity (Wildman–Crippen MR) is 121 cm³/mol. The number of anilines is 1. The van der Waals surface area contributed by atoms with E-state index in [2.05, 4.69) is 20.4 Å². The van der Waals surface area contributed by atoms with E-state index >= 15 is 0 Å². The maximum absolute atomic E-state index is 12.0. The lowest BCUT2D eigenvalue weighted by Crippen LogP contribution is -2.25. The van der Waals surface area contributed by atoms with Crippen LogP contribution in [0.4, 0.5) is 5.69 Å². The van der Waals surface area contributed by atoms with Crippen molar-refractivity contribution in [2.24, 2.45) is 5.10 Å². The van der Waals surface area contributed by atoms with Gasteiger partial charge in [0.1, 0.15) is 0 Å². The molecule has 7 heteroatoms. The van der Waals surface area contributed by atoms with E-state index in [1.54, 1.807) is 12.3 Å². The highest BCUT2D eigenvalue weighted by atomic mass is 35.5. The average Bonchev–Trinajstić information content (AvgIpc) is 2.97. The first-order valence-corrected chi connectivity index (χ1v) is 9.87. The molecule has 0 atom stereocenters. The van der Waals surface area contributed by atoms with Gasteiger partial charge in [-0.15, -0.1) is 0 Å². The van der Waals surface area contributed by atoms with E-state index in [1.165, 1.54) is 5.56 Å². The summed E-state index contributed by atoms with van der Waals surface area (Å²) in [6.07, 6.45) is 1.64. The van der Waals surface area contributed by atoms with Crippen LogP contribution in [0.15, 0.2) is 53.6 Å². The van der Waals surface area contributed by atoms with Crippen LogP contribution in [-0.2, 0) is 4.79 Å². The van der Waals surface area contributed by atoms with Gasteiger partial charge in [0.15, 0.2) is 0 Å². The quantitative estimate of drug-likeness (QED) is 0.414. The molecule has 3 aromatic rings. The molecule has 0 unspecified atom stereocenters. The first kappa shape index (κ1) is 21.0. The molecule has 0 aliphatic heterocycles. The van der Waals surface area contributed by atoms with E-state index in [4.69, 9.17) is 23.2 Å². The molecule has 0 saturated carbocycles. The molecule has 0 spiro atoms. The van der Waals surface area contributed by atoms with Crippen LogP contribution in [-0.4, -0.2) is 23.2 Å². The zero-order chi connectivity index (χ0) is 21.0. The van der Waals surface area contributed by atoms with Gasteiger partial charge in [-0.1, -0.05) is 40.9 Å². The minimum atomic E-state index is -0.222. The van der Waals surface area contributed by atoms with E-state index in [-0.39, 0.29) is 12.5 Å². The van der Waals surface area contributed by atoms with Crippen molar-refractivity contribution < 1.29 is 4.79 Å². The number of amides is 1. The van der Waals surface area contributed by atoms with Gasteiger partial charge in [-0.3, -0.25) is 4.79 Å². The van der Waals surface area contributed by atoms with Crippen molar-refractivity contribution in [3.8, 4) is 5.69 Å². The van der Waals surface area contributed by atoms with Gasteiger partial charge < -0.3 is 9.88 Å². The molecule has 5 nitrogen and oxygen atoms in total. The molecule has 29 heavy (non-hydrogen) atoms. The Kier molecular flexibility index (Phi) is 6.62. The number of carbonyl (C=O) groups is 1. The minimum absolute atomic E-state index is 0.142. The molecule has 1 heterocycles. The van der Waals surface area contributed by atoms with Gasteiger partial charge in [0.2, 0.25) is 0 Å². The Morgan fingerprint density at radius 2 is 1.76 bits per heavy atom. The van der Waals surface area contributed by atoms with Gasteiger partial charge in [0.05, 0.1) is 22.8 Å². The Labute approximate surface area is 180 Å². The van der Waals surface area contributed by atoms with Crippen LogP contribution in [0.3, 0.4) is 0 Å². The normalized spacial score (nSPS) is 11.1. The summed E-state index contributed by atoms with van der Waals surface area (Å²) in [6.45, 7) is 6.14. The summed E-state index contributed by atoms with van der Waals surface area (Å²) in [5.41, 5.74) is 8.43. The summed E-state index contributed by atoms with van der Waals surface area (Å²) < 4.78 is 2.06. The van der Waals surface area contributed by atoms with E-state index in [0.717, 1.165) is 28.3 Å². The van der Waals surface area contributed by atoms with Gasteiger partial charge in [-0.05, 0) is 57.2 Å². The molecule has 0 aliphatic carbocycles. The smallest absolute Gasteiger partial charge is 0.259 e. The molecule has 1 aromatic heterocycles. The second-order valence-corrected chi connectivity index (χ2v) is 7.59. The number of hydrogen-bond acceptors (Lipinski definition) is 3. The van der Waals surface area contributed by atoms with Gasteiger partial charge in [-0.2, -0.15) is 5.10 Å². The Balaban J connectivity index is 1.64. The molecule has 0 bridgehead atoms. The lowest BCUT2D eigenvalue weighted by atomic mass is 10.2. The lowest BCUT2D eigenvalue weighted by molar-refractivity contribution is -0.119. The number of carbonyl (C=O) groups excluding carboxylic acids is 1. The first-order chi connectivity index (χ1) is 13.8. The maximum Gasteiger partial charge on any atom is 0.259 e. The Hall–Kier alpha value is -2.76. The number of nitrogens with zero attached hydrogens (tertiary/aromatic N) is 2. The second kappa shape index (κ2) is 9.16. The fourth-order valence-electron chi connectivity index (χ4n) is 3.01.